The van der Waals surface area contributed by atoms with Crippen LogP contribution in [0.5, 0.6) is 5.75 Å². The van der Waals surface area contributed by atoms with E-state index in [1.807, 2.05) is 24.3 Å². The minimum atomic E-state index is -0.804. The van der Waals surface area contributed by atoms with Crippen LogP contribution in [0.3, 0.4) is 0 Å². The monoisotopic (exact) mass is 256 g/mol. The smallest absolute Gasteiger partial charge is 0.259 e. The van der Waals surface area contributed by atoms with Crippen molar-refractivity contribution in [2.45, 2.75) is 6.04 Å². The summed E-state index contributed by atoms with van der Waals surface area (Å²) in [5.74, 6) is 0.617. The Morgan fingerprint density at radius 3 is 2.74 bits per heavy atom. The summed E-state index contributed by atoms with van der Waals surface area (Å²) < 4.78 is 10.4. The number of ether oxygens (including phenoxy) is 1. The van der Waals surface area contributed by atoms with Crippen LogP contribution < -0.4 is 10.1 Å². The first kappa shape index (κ1) is 12.7. The third kappa shape index (κ3) is 3.61. The molecule has 0 saturated carbocycles. The maximum Gasteiger partial charge on any atom is 0.259 e. The molecule has 0 radical (unpaired) electrons. The SMILES string of the molecule is N#CC(NC(=O)COc1ccccc1)c1ccco1. The van der Waals surface area contributed by atoms with Gasteiger partial charge in [0.2, 0.25) is 0 Å². The van der Waals surface area contributed by atoms with Gasteiger partial charge in [-0.05, 0) is 24.3 Å². The Morgan fingerprint density at radius 2 is 2.11 bits per heavy atom. The standard InChI is InChI=1S/C14H12N2O3/c15-9-12(13-7-4-8-18-13)16-14(17)10-19-11-5-2-1-3-6-11/h1-8,12H,10H2,(H,16,17). The highest BCUT2D eigenvalue weighted by molar-refractivity contribution is 5.78. The highest BCUT2D eigenvalue weighted by Gasteiger charge is 2.16. The molecular weight excluding hydrogens is 244 g/mol. The molecular formula is C14H12N2O3. The fourth-order valence-corrected chi connectivity index (χ4v) is 1.49. The quantitative estimate of drug-likeness (QED) is 0.888. The predicted molar refractivity (Wildman–Crippen MR) is 67.1 cm³/mol. The van der Waals surface area contributed by atoms with Crippen molar-refractivity contribution in [3.05, 3.63) is 54.5 Å². The topological polar surface area (TPSA) is 75.3 Å². The molecule has 19 heavy (non-hydrogen) atoms. The van der Waals surface area contributed by atoms with Crippen molar-refractivity contribution < 1.29 is 13.9 Å². The molecule has 1 aromatic carbocycles. The Kier molecular flexibility index (Phi) is 4.19. The fourth-order valence-electron chi connectivity index (χ4n) is 1.49. The lowest BCUT2D eigenvalue weighted by Gasteiger charge is -2.10. The van der Waals surface area contributed by atoms with Gasteiger partial charge in [0.1, 0.15) is 11.5 Å². The van der Waals surface area contributed by atoms with Crippen LogP contribution in [0, 0.1) is 11.3 Å². The molecule has 1 aromatic heterocycles. The van der Waals surface area contributed by atoms with Crippen molar-refractivity contribution in [3.63, 3.8) is 0 Å². The summed E-state index contributed by atoms with van der Waals surface area (Å²) in [5, 5.41) is 11.5. The number of para-hydroxylation sites is 1. The third-order valence-corrected chi connectivity index (χ3v) is 2.38. The zero-order valence-corrected chi connectivity index (χ0v) is 10.1. The molecule has 0 aliphatic carbocycles. The lowest BCUT2D eigenvalue weighted by atomic mass is 10.2. The van der Waals surface area contributed by atoms with E-state index in [0.29, 0.717) is 11.5 Å². The summed E-state index contributed by atoms with van der Waals surface area (Å²) in [5.41, 5.74) is 0. The summed E-state index contributed by atoms with van der Waals surface area (Å²) in [6.45, 7) is -0.150. The van der Waals surface area contributed by atoms with E-state index in [-0.39, 0.29) is 12.5 Å². The van der Waals surface area contributed by atoms with Crippen LogP contribution in [-0.2, 0) is 4.79 Å². The van der Waals surface area contributed by atoms with Crippen molar-refractivity contribution >= 4 is 5.91 Å². The number of hydrogen-bond donors (Lipinski definition) is 1. The van der Waals surface area contributed by atoms with E-state index in [9.17, 15) is 4.79 Å². The zero-order valence-electron chi connectivity index (χ0n) is 10.1. The minimum Gasteiger partial charge on any atom is -0.484 e. The van der Waals surface area contributed by atoms with Gasteiger partial charge in [0, 0.05) is 0 Å². The minimum absolute atomic E-state index is 0.150. The molecule has 1 N–H and O–H groups in total. The normalized spacial score (nSPS) is 11.3. The Labute approximate surface area is 110 Å². The molecule has 0 bridgehead atoms. The van der Waals surface area contributed by atoms with Gasteiger partial charge in [-0.15, -0.1) is 0 Å². The lowest BCUT2D eigenvalue weighted by Crippen LogP contribution is -2.31. The van der Waals surface area contributed by atoms with Crippen LogP contribution in [0.15, 0.2) is 53.1 Å². The molecule has 96 valence electrons. The van der Waals surface area contributed by atoms with E-state index in [1.54, 1.807) is 24.3 Å². The van der Waals surface area contributed by atoms with Gasteiger partial charge in [-0.1, -0.05) is 18.2 Å². The molecule has 0 aliphatic heterocycles. The van der Waals surface area contributed by atoms with E-state index < -0.39 is 6.04 Å². The van der Waals surface area contributed by atoms with Gasteiger partial charge in [0.25, 0.3) is 5.91 Å². The van der Waals surface area contributed by atoms with Gasteiger partial charge >= 0.3 is 0 Å². The highest BCUT2D eigenvalue weighted by atomic mass is 16.5. The van der Waals surface area contributed by atoms with E-state index in [4.69, 9.17) is 14.4 Å². The van der Waals surface area contributed by atoms with Crippen LogP contribution >= 0.6 is 0 Å². The summed E-state index contributed by atoms with van der Waals surface area (Å²) in [4.78, 5) is 11.7. The van der Waals surface area contributed by atoms with Crippen LogP contribution in [0.4, 0.5) is 0 Å². The molecule has 1 heterocycles. The molecule has 0 aliphatic rings. The van der Waals surface area contributed by atoms with Gasteiger partial charge in [-0.3, -0.25) is 4.79 Å². The van der Waals surface area contributed by atoms with Crippen molar-refractivity contribution in [1.29, 1.82) is 5.26 Å². The lowest BCUT2D eigenvalue weighted by molar-refractivity contribution is -0.123. The number of amides is 1. The number of nitrogens with one attached hydrogen (secondary N) is 1. The van der Waals surface area contributed by atoms with Crippen LogP contribution in [0.25, 0.3) is 0 Å². The molecule has 2 aromatic rings. The highest BCUT2D eigenvalue weighted by Crippen LogP contribution is 2.12. The van der Waals surface area contributed by atoms with E-state index in [1.165, 1.54) is 6.26 Å². The summed E-state index contributed by atoms with van der Waals surface area (Å²) in [6, 6.07) is 13.4. The molecule has 1 unspecified atom stereocenters. The van der Waals surface area contributed by atoms with Crippen molar-refractivity contribution in [2.24, 2.45) is 0 Å². The van der Waals surface area contributed by atoms with E-state index in [0.717, 1.165) is 0 Å². The average molecular weight is 256 g/mol. The van der Waals surface area contributed by atoms with Gasteiger partial charge in [-0.2, -0.15) is 5.26 Å². The van der Waals surface area contributed by atoms with Crippen LogP contribution in [-0.4, -0.2) is 12.5 Å². The molecule has 1 amide bonds. The van der Waals surface area contributed by atoms with Crippen molar-refractivity contribution in [1.82, 2.24) is 5.32 Å². The molecule has 1 atom stereocenters. The molecule has 0 spiro atoms. The molecule has 5 heteroatoms. The number of nitriles is 1. The second kappa shape index (κ2) is 6.26. The zero-order chi connectivity index (χ0) is 13.5. The van der Waals surface area contributed by atoms with Gasteiger partial charge in [0.05, 0.1) is 12.3 Å². The van der Waals surface area contributed by atoms with Crippen LogP contribution in [0.1, 0.15) is 11.8 Å². The molecule has 5 nitrogen and oxygen atoms in total. The Hall–Kier alpha value is -2.74. The number of hydrogen-bond acceptors (Lipinski definition) is 4. The number of carbonyl (C=O) groups is 1. The first-order valence-corrected chi connectivity index (χ1v) is 5.70. The molecule has 0 fully saturated rings. The number of furan rings is 1. The largest absolute Gasteiger partial charge is 0.484 e. The predicted octanol–water partition coefficient (Wildman–Crippen LogP) is 2.04. The fraction of sp³-hybridized carbons (Fsp3) is 0.143. The van der Waals surface area contributed by atoms with Gasteiger partial charge < -0.3 is 14.5 Å². The van der Waals surface area contributed by atoms with Gasteiger partial charge in [-0.25, -0.2) is 0 Å². The number of carbonyl (C=O) groups excluding carboxylic acids is 1. The first-order chi connectivity index (χ1) is 9.29. The van der Waals surface area contributed by atoms with Gasteiger partial charge in [0.15, 0.2) is 12.6 Å². The Bertz CT molecular complexity index is 558. The summed E-state index contributed by atoms with van der Waals surface area (Å²) in [7, 11) is 0. The van der Waals surface area contributed by atoms with Crippen molar-refractivity contribution in [2.75, 3.05) is 6.61 Å². The molecule has 2 rings (SSSR count). The van der Waals surface area contributed by atoms with E-state index >= 15 is 0 Å². The number of rotatable bonds is 5. The molecule has 0 saturated heterocycles. The Morgan fingerprint density at radius 1 is 1.32 bits per heavy atom. The van der Waals surface area contributed by atoms with Crippen molar-refractivity contribution in [3.8, 4) is 11.8 Å². The number of benzene rings is 1. The van der Waals surface area contributed by atoms with Crippen LogP contribution in [0.2, 0.25) is 0 Å². The average Bonchev–Trinajstić information content (AvgIpc) is 2.97. The number of nitrogens with zero attached hydrogens (tertiary/aromatic N) is 1. The van der Waals surface area contributed by atoms with E-state index in [2.05, 4.69) is 5.32 Å². The summed E-state index contributed by atoms with van der Waals surface area (Å²) in [6.07, 6.45) is 1.45. The third-order valence-electron chi connectivity index (χ3n) is 2.38. The second-order valence-corrected chi connectivity index (χ2v) is 3.75. The second-order valence-electron chi connectivity index (χ2n) is 3.75. The summed E-state index contributed by atoms with van der Waals surface area (Å²) >= 11 is 0. The maximum absolute atomic E-state index is 11.7. The Balaban J connectivity index is 1.86. The first-order valence-electron chi connectivity index (χ1n) is 5.70. The maximum atomic E-state index is 11.7.